The lowest BCUT2D eigenvalue weighted by atomic mass is 10.0. The van der Waals surface area contributed by atoms with Crippen LogP contribution in [0.25, 0.3) is 0 Å². The van der Waals surface area contributed by atoms with Crippen molar-refractivity contribution in [2.45, 2.75) is 65.3 Å². The van der Waals surface area contributed by atoms with Crippen molar-refractivity contribution < 1.29 is 38.4 Å². The van der Waals surface area contributed by atoms with Gasteiger partial charge < -0.3 is 29.4 Å². The van der Waals surface area contributed by atoms with Crippen molar-refractivity contribution in [2.75, 3.05) is 20.8 Å². The Labute approximate surface area is 254 Å². The molecule has 0 spiro atoms. The smallest absolute Gasteiger partial charge is 0.343 e. The zero-order valence-corrected chi connectivity index (χ0v) is 25.7. The van der Waals surface area contributed by atoms with E-state index in [0.29, 0.717) is 34.8 Å². The highest BCUT2D eigenvalue weighted by Gasteiger charge is 2.22. The fraction of sp³-hybridized carbons (Fsp3) is 0.382. The quantitative estimate of drug-likeness (QED) is 0.107. The van der Waals surface area contributed by atoms with E-state index >= 15 is 0 Å². The highest BCUT2D eigenvalue weighted by Crippen LogP contribution is 2.29. The van der Waals surface area contributed by atoms with Gasteiger partial charge in [-0.15, -0.1) is 0 Å². The maximum Gasteiger partial charge on any atom is 0.343 e. The van der Waals surface area contributed by atoms with Gasteiger partial charge in [-0.2, -0.15) is 0 Å². The van der Waals surface area contributed by atoms with Gasteiger partial charge in [-0.05, 0) is 72.6 Å². The van der Waals surface area contributed by atoms with E-state index in [9.17, 15) is 19.5 Å². The molecule has 1 unspecified atom stereocenters. The van der Waals surface area contributed by atoms with Crippen molar-refractivity contribution >= 4 is 17.8 Å². The molecule has 0 aliphatic rings. The number of methoxy groups -OCH3 is 2. The Morgan fingerprint density at radius 2 is 1.40 bits per heavy atom. The summed E-state index contributed by atoms with van der Waals surface area (Å²) in [6.07, 6.45) is 5.75. The Morgan fingerprint density at radius 1 is 0.767 bits per heavy atom. The van der Waals surface area contributed by atoms with Gasteiger partial charge in [0.1, 0.15) is 17.5 Å². The molecule has 0 fully saturated rings. The van der Waals surface area contributed by atoms with Gasteiger partial charge in [0.15, 0.2) is 11.5 Å². The van der Waals surface area contributed by atoms with Crippen LogP contribution in [-0.4, -0.2) is 49.8 Å². The second-order valence-electron chi connectivity index (χ2n) is 9.46. The molecule has 2 N–H and O–H groups in total. The third-order valence-electron chi connectivity index (χ3n) is 6.43. The minimum atomic E-state index is -1.19. The van der Waals surface area contributed by atoms with Crippen molar-refractivity contribution in [2.24, 2.45) is 0 Å². The number of hydrogen-bond acceptors (Lipinski definition) is 7. The number of ether oxygens (including phenoxy) is 4. The molecule has 0 aliphatic carbocycles. The monoisotopic (exact) mass is 593 g/mol. The Balaban J connectivity index is 0.00000316. The number of carboxylic acid groups (broad SMARTS) is 1. The number of hydrogen-bond donors (Lipinski definition) is 2. The van der Waals surface area contributed by atoms with Crippen LogP contribution >= 0.6 is 0 Å². The van der Waals surface area contributed by atoms with Gasteiger partial charge in [0.25, 0.3) is 5.91 Å². The molecular formula is C34H43NO8. The first kappa shape index (κ1) is 34.7. The number of esters is 1. The first-order chi connectivity index (χ1) is 20.8. The molecule has 0 radical (unpaired) electrons. The van der Waals surface area contributed by atoms with E-state index < -0.39 is 23.9 Å². The van der Waals surface area contributed by atoms with Crippen molar-refractivity contribution in [3.63, 3.8) is 0 Å². The fourth-order valence-electron chi connectivity index (χ4n) is 4.08. The van der Waals surface area contributed by atoms with Gasteiger partial charge >= 0.3 is 11.9 Å². The minimum absolute atomic E-state index is 0.0120. The largest absolute Gasteiger partial charge is 0.497 e. The van der Waals surface area contributed by atoms with Crippen molar-refractivity contribution in [1.29, 1.82) is 0 Å². The van der Waals surface area contributed by atoms with Gasteiger partial charge in [0.05, 0.1) is 26.4 Å². The van der Waals surface area contributed by atoms with Crippen LogP contribution in [0.5, 0.6) is 23.0 Å². The summed E-state index contributed by atoms with van der Waals surface area (Å²) < 4.78 is 21.8. The Morgan fingerprint density at radius 3 is 2.00 bits per heavy atom. The average molecular weight is 594 g/mol. The number of nitrogens with one attached hydrogen (secondary N) is 1. The number of carbonyl (C=O) groups is 3. The second-order valence-corrected chi connectivity index (χ2v) is 9.46. The summed E-state index contributed by atoms with van der Waals surface area (Å²) in [6.45, 7) is 6.81. The molecular weight excluding hydrogens is 550 g/mol. The molecule has 0 aliphatic heterocycles. The number of unbranched alkanes of at least 4 members (excludes halogenated alkanes) is 4. The van der Waals surface area contributed by atoms with E-state index in [4.69, 9.17) is 18.9 Å². The molecule has 9 nitrogen and oxygen atoms in total. The first-order valence-corrected chi connectivity index (χ1v) is 14.6. The van der Waals surface area contributed by atoms with Gasteiger partial charge in [0, 0.05) is 12.0 Å². The van der Waals surface area contributed by atoms with Crippen molar-refractivity contribution in [1.82, 2.24) is 5.32 Å². The highest BCUT2D eigenvalue weighted by molar-refractivity contribution is 5.96. The summed E-state index contributed by atoms with van der Waals surface area (Å²) in [4.78, 5) is 37.2. The fourth-order valence-corrected chi connectivity index (χ4v) is 4.08. The second kappa shape index (κ2) is 18.8. The maximum atomic E-state index is 12.8. The molecule has 0 saturated carbocycles. The summed E-state index contributed by atoms with van der Waals surface area (Å²) in [5, 5.41) is 12.2. The lowest BCUT2D eigenvalue weighted by Gasteiger charge is -2.16. The Bertz CT molecular complexity index is 1290. The van der Waals surface area contributed by atoms with Crippen LogP contribution in [-0.2, 0) is 11.2 Å². The predicted octanol–water partition coefficient (Wildman–Crippen LogP) is 6.72. The summed E-state index contributed by atoms with van der Waals surface area (Å²) in [5.74, 6) is -0.583. The van der Waals surface area contributed by atoms with Crippen molar-refractivity contribution in [3.8, 4) is 23.0 Å². The van der Waals surface area contributed by atoms with E-state index in [1.54, 1.807) is 60.7 Å². The normalized spacial score (nSPS) is 10.9. The SMILES string of the molecule is CC.CCCCCCCOc1ccc(C(=O)Oc2ccc(CC(NC(=O)c3ccc(OC)cc3)C(=O)O)cc2OC)cc1. The first-order valence-electron chi connectivity index (χ1n) is 14.6. The third kappa shape index (κ3) is 11.3. The van der Waals surface area contributed by atoms with Gasteiger partial charge in [-0.3, -0.25) is 4.79 Å². The van der Waals surface area contributed by atoms with Crippen LogP contribution in [0.3, 0.4) is 0 Å². The van der Waals surface area contributed by atoms with E-state index in [0.717, 1.165) is 12.8 Å². The van der Waals surface area contributed by atoms with Crippen LogP contribution < -0.4 is 24.3 Å². The van der Waals surface area contributed by atoms with Crippen LogP contribution in [0.4, 0.5) is 0 Å². The third-order valence-corrected chi connectivity index (χ3v) is 6.43. The van der Waals surface area contributed by atoms with Crippen LogP contribution in [0.1, 0.15) is 79.2 Å². The van der Waals surface area contributed by atoms with Crippen LogP contribution in [0, 0.1) is 0 Å². The van der Waals surface area contributed by atoms with Gasteiger partial charge in [-0.1, -0.05) is 52.5 Å². The van der Waals surface area contributed by atoms with Crippen LogP contribution in [0.2, 0.25) is 0 Å². The van der Waals surface area contributed by atoms with Crippen LogP contribution in [0.15, 0.2) is 66.7 Å². The number of amides is 1. The van der Waals surface area contributed by atoms with E-state index in [1.165, 1.54) is 39.5 Å². The summed E-state index contributed by atoms with van der Waals surface area (Å²) in [6, 6.07) is 16.6. The number of benzene rings is 3. The Hall–Kier alpha value is -4.53. The maximum absolute atomic E-state index is 12.8. The van der Waals surface area contributed by atoms with E-state index in [2.05, 4.69) is 12.2 Å². The van der Waals surface area contributed by atoms with E-state index in [1.807, 2.05) is 13.8 Å². The standard InChI is InChI=1S/C32H37NO8.C2H6/c1-4-5-6-7-8-19-40-26-16-12-24(13-17-26)32(37)41-28-18-9-22(21-29(28)39-3)20-27(31(35)36)33-30(34)23-10-14-25(38-2)15-11-23;1-2/h9-18,21,27H,4-8,19-20H2,1-3H3,(H,33,34)(H,35,36);1-2H3. The average Bonchev–Trinajstić information content (AvgIpc) is 3.04. The summed E-state index contributed by atoms with van der Waals surface area (Å²) >= 11 is 0. The lowest BCUT2D eigenvalue weighted by Crippen LogP contribution is -2.42. The molecule has 3 aromatic carbocycles. The van der Waals surface area contributed by atoms with Gasteiger partial charge in [-0.25, -0.2) is 9.59 Å². The molecule has 0 heterocycles. The Kier molecular flexibility index (Phi) is 15.2. The number of carbonyl (C=O) groups excluding carboxylic acids is 2. The van der Waals surface area contributed by atoms with Gasteiger partial charge in [0.2, 0.25) is 0 Å². The molecule has 0 saturated heterocycles. The molecule has 3 aromatic rings. The lowest BCUT2D eigenvalue weighted by molar-refractivity contribution is -0.139. The zero-order valence-electron chi connectivity index (χ0n) is 25.7. The number of carboxylic acids is 1. The molecule has 0 bridgehead atoms. The highest BCUT2D eigenvalue weighted by atomic mass is 16.6. The predicted molar refractivity (Wildman–Crippen MR) is 166 cm³/mol. The summed E-state index contributed by atoms with van der Waals surface area (Å²) in [7, 11) is 2.94. The molecule has 9 heteroatoms. The molecule has 1 amide bonds. The van der Waals surface area contributed by atoms with E-state index in [-0.39, 0.29) is 17.9 Å². The summed E-state index contributed by atoms with van der Waals surface area (Å²) in [5.41, 5.74) is 1.22. The molecule has 0 aromatic heterocycles. The molecule has 3 rings (SSSR count). The zero-order chi connectivity index (χ0) is 31.6. The van der Waals surface area contributed by atoms with Crippen molar-refractivity contribution in [3.05, 3.63) is 83.4 Å². The number of rotatable bonds is 16. The molecule has 43 heavy (non-hydrogen) atoms. The molecule has 1 atom stereocenters. The molecule has 232 valence electrons. The minimum Gasteiger partial charge on any atom is -0.497 e. The topological polar surface area (TPSA) is 120 Å². The number of aliphatic carboxylic acids is 1.